The van der Waals surface area contributed by atoms with Crippen LogP contribution < -0.4 is 10.1 Å². The van der Waals surface area contributed by atoms with Gasteiger partial charge in [-0.1, -0.05) is 53.7 Å². The molecule has 1 N–H and O–H groups in total. The molecule has 0 unspecified atom stereocenters. The second-order valence-electron chi connectivity index (χ2n) is 6.04. The first-order chi connectivity index (χ1) is 13.6. The third-order valence-electron chi connectivity index (χ3n) is 3.92. The molecule has 1 heterocycles. The minimum Gasteiger partial charge on any atom is -0.492 e. The second kappa shape index (κ2) is 10.1. The van der Waals surface area contributed by atoms with Gasteiger partial charge in [-0.05, 0) is 36.8 Å². The number of rotatable bonds is 9. The van der Waals surface area contributed by atoms with Crippen LogP contribution in [0.15, 0.2) is 59.8 Å². The van der Waals surface area contributed by atoms with Crippen LogP contribution in [0.2, 0.25) is 5.02 Å². The van der Waals surface area contributed by atoms with E-state index < -0.39 is 0 Å². The first-order valence-corrected chi connectivity index (χ1v) is 10.2. The molecule has 0 spiro atoms. The molecule has 0 saturated carbocycles. The Bertz CT molecular complexity index is 900. The summed E-state index contributed by atoms with van der Waals surface area (Å²) in [7, 11) is 0. The summed E-state index contributed by atoms with van der Waals surface area (Å²) in [6, 6.07) is 17.2. The second-order valence-corrected chi connectivity index (χ2v) is 7.42. The number of nitrogens with zero attached hydrogens (tertiary/aromatic N) is 3. The van der Waals surface area contributed by atoms with Gasteiger partial charge in [0, 0.05) is 5.02 Å². The van der Waals surface area contributed by atoms with Crippen LogP contribution in [0.3, 0.4) is 0 Å². The van der Waals surface area contributed by atoms with E-state index in [9.17, 15) is 4.79 Å². The first kappa shape index (κ1) is 20.2. The zero-order valence-corrected chi connectivity index (χ0v) is 17.0. The summed E-state index contributed by atoms with van der Waals surface area (Å²) in [6.45, 7) is 3.41. The number of amides is 1. The summed E-state index contributed by atoms with van der Waals surface area (Å²) in [5, 5.41) is 12.6. The minimum absolute atomic E-state index is 0.0726. The number of benzene rings is 2. The standard InChI is InChI=1S/C20H21ClN4O2S/c1-15-23-24-20(25(15)13-16-5-3-2-4-6-16)28-14-19(26)22-11-12-27-18-9-7-17(21)8-10-18/h2-10H,11-14H2,1H3,(H,22,26). The fourth-order valence-electron chi connectivity index (χ4n) is 2.49. The van der Waals surface area contributed by atoms with E-state index in [2.05, 4.69) is 27.6 Å². The molecule has 0 fully saturated rings. The van der Waals surface area contributed by atoms with Crippen molar-refractivity contribution in [2.45, 2.75) is 18.6 Å². The van der Waals surface area contributed by atoms with Gasteiger partial charge in [-0.15, -0.1) is 10.2 Å². The Balaban J connectivity index is 1.42. The van der Waals surface area contributed by atoms with Gasteiger partial charge in [0.25, 0.3) is 0 Å². The van der Waals surface area contributed by atoms with Gasteiger partial charge in [0.1, 0.15) is 18.2 Å². The molecule has 0 radical (unpaired) electrons. The Kier molecular flexibility index (Phi) is 7.33. The molecule has 2 aromatic carbocycles. The molecule has 8 heteroatoms. The molecule has 0 saturated heterocycles. The molecular formula is C20H21ClN4O2S. The highest BCUT2D eigenvalue weighted by atomic mass is 35.5. The van der Waals surface area contributed by atoms with E-state index in [4.69, 9.17) is 16.3 Å². The Labute approximate surface area is 173 Å². The van der Waals surface area contributed by atoms with E-state index in [-0.39, 0.29) is 11.7 Å². The molecule has 0 aliphatic rings. The number of halogens is 1. The van der Waals surface area contributed by atoms with Crippen molar-refractivity contribution < 1.29 is 9.53 Å². The number of thioether (sulfide) groups is 1. The minimum atomic E-state index is -0.0726. The molecule has 0 aliphatic heterocycles. The van der Waals surface area contributed by atoms with Gasteiger partial charge in [-0.25, -0.2) is 0 Å². The predicted molar refractivity (Wildman–Crippen MR) is 111 cm³/mol. The van der Waals surface area contributed by atoms with Crippen LogP contribution in [0.4, 0.5) is 0 Å². The molecule has 28 heavy (non-hydrogen) atoms. The number of carbonyl (C=O) groups excluding carboxylic acids is 1. The third-order valence-corrected chi connectivity index (χ3v) is 5.14. The highest BCUT2D eigenvalue weighted by Crippen LogP contribution is 2.18. The highest BCUT2D eigenvalue weighted by molar-refractivity contribution is 7.99. The van der Waals surface area contributed by atoms with Crippen LogP contribution in [0.25, 0.3) is 0 Å². The van der Waals surface area contributed by atoms with Crippen LogP contribution >= 0.6 is 23.4 Å². The van der Waals surface area contributed by atoms with Gasteiger partial charge in [-0.2, -0.15) is 0 Å². The Morgan fingerprint density at radius 1 is 1.14 bits per heavy atom. The lowest BCUT2D eigenvalue weighted by atomic mass is 10.2. The molecule has 1 amide bonds. The summed E-state index contributed by atoms with van der Waals surface area (Å²) in [5.41, 5.74) is 1.16. The number of aromatic nitrogens is 3. The lowest BCUT2D eigenvalue weighted by molar-refractivity contribution is -0.118. The summed E-state index contributed by atoms with van der Waals surface area (Å²) in [4.78, 5) is 12.1. The molecule has 6 nitrogen and oxygen atoms in total. The molecule has 146 valence electrons. The molecule has 0 bridgehead atoms. The van der Waals surface area contributed by atoms with Crippen molar-refractivity contribution in [3.8, 4) is 5.75 Å². The average Bonchev–Trinajstić information content (AvgIpc) is 3.05. The lowest BCUT2D eigenvalue weighted by Crippen LogP contribution is -2.29. The van der Waals surface area contributed by atoms with Crippen molar-refractivity contribution in [2.24, 2.45) is 0 Å². The predicted octanol–water partition coefficient (Wildman–Crippen LogP) is 3.58. The first-order valence-electron chi connectivity index (χ1n) is 8.83. The van der Waals surface area contributed by atoms with Gasteiger partial charge < -0.3 is 14.6 Å². The summed E-state index contributed by atoms with van der Waals surface area (Å²) < 4.78 is 7.57. The van der Waals surface area contributed by atoms with Gasteiger partial charge in [0.15, 0.2) is 5.16 Å². The topological polar surface area (TPSA) is 69.0 Å². The van der Waals surface area contributed by atoms with Crippen molar-refractivity contribution in [3.63, 3.8) is 0 Å². The van der Waals surface area contributed by atoms with Crippen LogP contribution in [0.5, 0.6) is 5.75 Å². The van der Waals surface area contributed by atoms with Gasteiger partial charge in [-0.3, -0.25) is 4.79 Å². The van der Waals surface area contributed by atoms with Crippen LogP contribution in [0.1, 0.15) is 11.4 Å². The summed E-state index contributed by atoms with van der Waals surface area (Å²) >= 11 is 7.20. The smallest absolute Gasteiger partial charge is 0.230 e. The Morgan fingerprint density at radius 3 is 2.64 bits per heavy atom. The molecule has 3 aromatic rings. The van der Waals surface area contributed by atoms with Crippen LogP contribution in [-0.2, 0) is 11.3 Å². The van der Waals surface area contributed by atoms with Crippen molar-refractivity contribution in [3.05, 3.63) is 71.0 Å². The van der Waals surface area contributed by atoms with Crippen molar-refractivity contribution in [1.82, 2.24) is 20.1 Å². The number of hydrogen-bond donors (Lipinski definition) is 1. The van der Waals surface area contributed by atoms with Crippen molar-refractivity contribution in [1.29, 1.82) is 0 Å². The van der Waals surface area contributed by atoms with E-state index in [1.807, 2.05) is 29.7 Å². The maximum Gasteiger partial charge on any atom is 0.230 e. The van der Waals surface area contributed by atoms with E-state index in [0.29, 0.717) is 24.7 Å². The number of aryl methyl sites for hydroxylation is 1. The van der Waals surface area contributed by atoms with Gasteiger partial charge in [0.2, 0.25) is 5.91 Å². The van der Waals surface area contributed by atoms with Crippen LogP contribution in [0, 0.1) is 6.92 Å². The Morgan fingerprint density at radius 2 is 1.89 bits per heavy atom. The molecule has 0 atom stereocenters. The van der Waals surface area contributed by atoms with Crippen molar-refractivity contribution >= 4 is 29.3 Å². The number of hydrogen-bond acceptors (Lipinski definition) is 5. The highest BCUT2D eigenvalue weighted by Gasteiger charge is 2.12. The van der Waals surface area contributed by atoms with Crippen LogP contribution in [-0.4, -0.2) is 39.6 Å². The summed E-state index contributed by atoms with van der Waals surface area (Å²) in [5.74, 6) is 1.74. The summed E-state index contributed by atoms with van der Waals surface area (Å²) in [6.07, 6.45) is 0. The number of ether oxygens (including phenoxy) is 1. The quantitative estimate of drug-likeness (QED) is 0.426. The average molecular weight is 417 g/mol. The lowest BCUT2D eigenvalue weighted by Gasteiger charge is -2.09. The maximum atomic E-state index is 12.1. The molecule has 3 rings (SSSR count). The maximum absolute atomic E-state index is 12.1. The van der Waals surface area contributed by atoms with E-state index >= 15 is 0 Å². The fourth-order valence-corrected chi connectivity index (χ4v) is 3.43. The van der Waals surface area contributed by atoms with E-state index in [0.717, 1.165) is 22.3 Å². The number of carbonyl (C=O) groups is 1. The van der Waals surface area contributed by atoms with E-state index in [1.165, 1.54) is 11.8 Å². The Hall–Kier alpha value is -2.51. The zero-order valence-electron chi connectivity index (χ0n) is 15.5. The van der Waals surface area contributed by atoms with Crippen molar-refractivity contribution in [2.75, 3.05) is 18.9 Å². The molecule has 1 aromatic heterocycles. The van der Waals surface area contributed by atoms with Gasteiger partial charge in [0.05, 0.1) is 18.8 Å². The normalized spacial score (nSPS) is 10.6. The zero-order chi connectivity index (χ0) is 19.8. The SMILES string of the molecule is Cc1nnc(SCC(=O)NCCOc2ccc(Cl)cc2)n1Cc1ccccc1. The third kappa shape index (κ3) is 6.00. The monoisotopic (exact) mass is 416 g/mol. The molecular weight excluding hydrogens is 396 g/mol. The van der Waals surface area contributed by atoms with E-state index in [1.54, 1.807) is 24.3 Å². The fraction of sp³-hybridized carbons (Fsp3) is 0.250. The number of nitrogens with one attached hydrogen (secondary N) is 1. The molecule has 0 aliphatic carbocycles. The van der Waals surface area contributed by atoms with Gasteiger partial charge >= 0.3 is 0 Å². The largest absolute Gasteiger partial charge is 0.492 e.